The van der Waals surface area contributed by atoms with Crippen LogP contribution in [0.4, 0.5) is 0 Å². The van der Waals surface area contributed by atoms with Gasteiger partial charge in [0.25, 0.3) is 0 Å². The Hall–Kier alpha value is -3.44. The minimum Gasteiger partial charge on any atom is -0.233 e. The van der Waals surface area contributed by atoms with E-state index >= 15 is 0 Å². The highest BCUT2D eigenvalue weighted by Crippen LogP contribution is 2.37. The zero-order valence-corrected chi connectivity index (χ0v) is 12.6. The summed E-state index contributed by atoms with van der Waals surface area (Å²) in [6.07, 6.45) is 0. The molecule has 0 amide bonds. The minimum atomic E-state index is 0.255. The Balaban J connectivity index is 2.22. The number of fused-ring (bicyclic) bond motifs is 2. The van der Waals surface area contributed by atoms with Gasteiger partial charge in [-0.3, -0.25) is 0 Å². The van der Waals surface area contributed by atoms with Crippen LogP contribution in [-0.2, 0) is 9.59 Å². The van der Waals surface area contributed by atoms with Crippen molar-refractivity contribution in [3.8, 4) is 0 Å². The molecule has 0 heterocycles. The molecular formula is C22H10O2. The van der Waals surface area contributed by atoms with Crippen molar-refractivity contribution in [2.24, 2.45) is 0 Å². The number of hydrogen-bond donors (Lipinski definition) is 0. The molecule has 0 aromatic heterocycles. The van der Waals surface area contributed by atoms with E-state index in [1.165, 1.54) is 21.5 Å². The molecule has 5 rings (SSSR count). The van der Waals surface area contributed by atoms with Crippen LogP contribution in [0.5, 0.6) is 0 Å². The third kappa shape index (κ3) is 1.51. The molecule has 5 aromatic rings. The van der Waals surface area contributed by atoms with E-state index in [-0.39, 0.29) is 10.4 Å². The minimum absolute atomic E-state index is 0.255. The van der Waals surface area contributed by atoms with Gasteiger partial charge in [-0.2, -0.15) is 0 Å². The predicted molar refractivity (Wildman–Crippen MR) is 96.5 cm³/mol. The Bertz CT molecular complexity index is 1440. The fourth-order valence-corrected chi connectivity index (χ4v) is 3.81. The van der Waals surface area contributed by atoms with E-state index in [1.54, 1.807) is 6.07 Å². The number of benzene rings is 5. The third-order valence-corrected chi connectivity index (χ3v) is 4.86. The van der Waals surface area contributed by atoms with Crippen LogP contribution in [0.2, 0.25) is 0 Å². The van der Waals surface area contributed by atoms with E-state index in [4.69, 9.17) is 0 Å². The second-order valence-electron chi connectivity index (χ2n) is 6.02. The summed E-state index contributed by atoms with van der Waals surface area (Å²) in [7, 11) is 0. The normalized spacial score (nSPS) is 11.3. The summed E-state index contributed by atoms with van der Waals surface area (Å²) in [6.45, 7) is 0. The first-order valence-corrected chi connectivity index (χ1v) is 7.71. The summed E-state index contributed by atoms with van der Waals surface area (Å²) in [5.41, 5.74) is 0. The molecule has 110 valence electrons. The Kier molecular flexibility index (Phi) is 2.46. The molecule has 2 heteroatoms. The van der Waals surface area contributed by atoms with Gasteiger partial charge in [0.2, 0.25) is 0 Å². The number of rotatable bonds is 0. The summed E-state index contributed by atoms with van der Waals surface area (Å²) in [5.74, 6) is 3.76. The van der Waals surface area contributed by atoms with Gasteiger partial charge in [0.1, 0.15) is 11.9 Å². The molecule has 0 saturated carbocycles. The molecule has 0 radical (unpaired) electrons. The second-order valence-corrected chi connectivity index (χ2v) is 6.02. The van der Waals surface area contributed by atoms with Gasteiger partial charge < -0.3 is 0 Å². The molecule has 0 aliphatic heterocycles. The van der Waals surface area contributed by atoms with Crippen LogP contribution in [0.25, 0.3) is 43.1 Å². The van der Waals surface area contributed by atoms with Gasteiger partial charge in [-0.1, -0.05) is 48.5 Å². The van der Waals surface area contributed by atoms with Crippen LogP contribution in [0, 0.1) is 0 Å². The van der Waals surface area contributed by atoms with Crippen LogP contribution < -0.4 is 10.4 Å². The molecule has 0 spiro atoms. The van der Waals surface area contributed by atoms with Crippen LogP contribution in [0.1, 0.15) is 0 Å². The van der Waals surface area contributed by atoms with Gasteiger partial charge in [0, 0.05) is 5.39 Å². The quantitative estimate of drug-likeness (QED) is 0.326. The first-order chi connectivity index (χ1) is 11.8. The van der Waals surface area contributed by atoms with Crippen LogP contribution >= 0.6 is 0 Å². The van der Waals surface area contributed by atoms with Crippen molar-refractivity contribution in [3.63, 3.8) is 0 Å². The van der Waals surface area contributed by atoms with Gasteiger partial charge in [-0.25, -0.2) is 9.59 Å². The van der Waals surface area contributed by atoms with Gasteiger partial charge in [-0.05, 0) is 49.8 Å². The molecule has 24 heavy (non-hydrogen) atoms. The number of hydrogen-bond acceptors (Lipinski definition) is 2. The monoisotopic (exact) mass is 306 g/mol. The van der Waals surface area contributed by atoms with Gasteiger partial charge in [0.05, 0.1) is 10.4 Å². The van der Waals surface area contributed by atoms with Gasteiger partial charge >= 0.3 is 0 Å². The van der Waals surface area contributed by atoms with Crippen molar-refractivity contribution in [2.45, 2.75) is 0 Å². The maximum Gasteiger partial charge on any atom is 0.134 e. The second kappa shape index (κ2) is 4.53. The largest absolute Gasteiger partial charge is 0.233 e. The molecule has 0 bridgehead atoms. The Morgan fingerprint density at radius 3 is 2.04 bits per heavy atom. The number of carbonyl (C=O) groups excluding carboxylic acids is 2. The van der Waals surface area contributed by atoms with E-state index in [9.17, 15) is 9.59 Å². The zero-order chi connectivity index (χ0) is 16.3. The maximum absolute atomic E-state index is 11.4. The molecule has 5 aromatic carbocycles. The van der Waals surface area contributed by atoms with Crippen molar-refractivity contribution < 1.29 is 9.59 Å². The molecule has 0 unspecified atom stereocenters. The molecule has 0 atom stereocenters. The molecule has 0 fully saturated rings. The highest BCUT2D eigenvalue weighted by Gasteiger charge is 2.11. The van der Waals surface area contributed by atoms with Crippen molar-refractivity contribution in [1.29, 1.82) is 0 Å². The summed E-state index contributed by atoms with van der Waals surface area (Å²) < 4.78 is 0. The average molecular weight is 306 g/mol. The van der Waals surface area contributed by atoms with Crippen molar-refractivity contribution >= 4 is 55.0 Å². The van der Waals surface area contributed by atoms with E-state index in [1.807, 2.05) is 24.0 Å². The first kappa shape index (κ1) is 13.0. The smallest absolute Gasteiger partial charge is 0.134 e. The van der Waals surface area contributed by atoms with Gasteiger partial charge in [0.15, 0.2) is 0 Å². The van der Waals surface area contributed by atoms with E-state index in [2.05, 4.69) is 42.5 Å². The standard InChI is InChI=1S/C22H10O2/c23-11-16-7-8-17-18-9-6-14-3-1-2-13-4-5-15(22(18)21(13)14)10-19(17)20(16)12-24/h1-10H. The summed E-state index contributed by atoms with van der Waals surface area (Å²) in [5, 5.41) is 9.21. The predicted octanol–water partition coefficient (Wildman–Crippen LogP) is 2.74. The molecular weight excluding hydrogens is 296 g/mol. The van der Waals surface area contributed by atoms with Crippen LogP contribution in [0.15, 0.2) is 60.7 Å². The maximum atomic E-state index is 11.4. The summed E-state index contributed by atoms with van der Waals surface area (Å²) in [4.78, 5) is 22.6. The van der Waals surface area contributed by atoms with Crippen molar-refractivity contribution in [3.05, 3.63) is 71.1 Å². The summed E-state index contributed by atoms with van der Waals surface area (Å²) >= 11 is 0. The van der Waals surface area contributed by atoms with E-state index in [0.717, 1.165) is 21.5 Å². The third-order valence-electron chi connectivity index (χ3n) is 4.86. The first-order valence-electron chi connectivity index (χ1n) is 7.71. The van der Waals surface area contributed by atoms with Crippen LogP contribution in [0.3, 0.4) is 0 Å². The van der Waals surface area contributed by atoms with E-state index < -0.39 is 0 Å². The topological polar surface area (TPSA) is 34.1 Å². The fraction of sp³-hybridized carbons (Fsp3) is 0. The Morgan fingerprint density at radius 2 is 1.29 bits per heavy atom. The SMILES string of the molecule is O=C=c1ccc2c(cc3ccc4cccc5ccc2c3c45)c1=C=O. The van der Waals surface area contributed by atoms with E-state index in [0.29, 0.717) is 0 Å². The molecule has 0 N–H and O–H groups in total. The molecule has 0 aliphatic rings. The lowest BCUT2D eigenvalue weighted by molar-refractivity contribution is 0.564. The molecule has 0 saturated heterocycles. The fourth-order valence-electron chi connectivity index (χ4n) is 3.81. The molecule has 2 nitrogen and oxygen atoms in total. The highest BCUT2D eigenvalue weighted by molar-refractivity contribution is 6.28. The lowest BCUT2D eigenvalue weighted by atomic mass is 9.90. The molecule has 0 aliphatic carbocycles. The summed E-state index contributed by atoms with van der Waals surface area (Å²) in [6, 6.07) is 20.1. The Morgan fingerprint density at radius 1 is 0.583 bits per heavy atom. The Labute approximate surface area is 136 Å². The highest BCUT2D eigenvalue weighted by atomic mass is 16.1. The van der Waals surface area contributed by atoms with Crippen molar-refractivity contribution in [1.82, 2.24) is 0 Å². The lowest BCUT2D eigenvalue weighted by Gasteiger charge is -2.12. The van der Waals surface area contributed by atoms with Crippen LogP contribution in [-0.4, -0.2) is 11.9 Å². The van der Waals surface area contributed by atoms with Gasteiger partial charge in [-0.15, -0.1) is 0 Å². The average Bonchev–Trinajstić information content (AvgIpc) is 2.64. The lowest BCUT2D eigenvalue weighted by Crippen LogP contribution is -2.27. The van der Waals surface area contributed by atoms with Crippen molar-refractivity contribution in [2.75, 3.05) is 0 Å². The zero-order valence-electron chi connectivity index (χ0n) is 12.6.